The quantitative estimate of drug-likeness (QED) is 0.225. The van der Waals surface area contributed by atoms with Crippen LogP contribution >= 0.6 is 0 Å². The van der Waals surface area contributed by atoms with Crippen LogP contribution in [0.3, 0.4) is 0 Å². The van der Waals surface area contributed by atoms with Crippen LogP contribution in [-0.2, 0) is 0 Å². The smallest absolute Gasteiger partial charge is 0.138 e. The van der Waals surface area contributed by atoms with Crippen molar-refractivity contribution in [3.05, 3.63) is 26.4 Å². The molecule has 0 bridgehead atoms. The molecule has 0 rings (SSSR count). The van der Waals surface area contributed by atoms with E-state index in [2.05, 4.69) is 23.7 Å². The van der Waals surface area contributed by atoms with Crippen molar-refractivity contribution >= 4 is 0 Å². The monoisotopic (exact) mass is 130 g/mol. The van der Waals surface area contributed by atoms with Crippen molar-refractivity contribution in [1.82, 2.24) is 0 Å². The minimum Gasteiger partial charge on any atom is -0.581 e. The SMILES string of the molecule is [CH2-][OH+]C/C=C/CC[OH+][CH2-]. The molecule has 0 aromatic carbocycles. The summed E-state index contributed by atoms with van der Waals surface area (Å²) in [6.45, 7) is 1.50. The van der Waals surface area contributed by atoms with Crippen molar-refractivity contribution in [3.8, 4) is 0 Å². The van der Waals surface area contributed by atoms with Crippen LogP contribution in [0.15, 0.2) is 12.2 Å². The van der Waals surface area contributed by atoms with E-state index < -0.39 is 0 Å². The zero-order chi connectivity index (χ0) is 6.95. The molecule has 0 radical (unpaired) electrons. The Morgan fingerprint density at radius 2 is 1.89 bits per heavy atom. The van der Waals surface area contributed by atoms with Gasteiger partial charge in [-0.1, -0.05) is 20.3 Å². The molecule has 0 aliphatic heterocycles. The molecule has 0 saturated carbocycles. The van der Waals surface area contributed by atoms with Gasteiger partial charge in [0.05, 0.1) is 0 Å². The van der Waals surface area contributed by atoms with Crippen LogP contribution < -0.4 is 0 Å². The first kappa shape index (κ1) is 8.66. The van der Waals surface area contributed by atoms with Crippen LogP contribution in [0.5, 0.6) is 0 Å². The Kier molecular flexibility index (Phi) is 7.37. The molecule has 0 atom stereocenters. The molecule has 0 saturated heterocycles. The number of rotatable bonds is 5. The summed E-state index contributed by atoms with van der Waals surface area (Å²) in [5, 5.41) is 0. The van der Waals surface area contributed by atoms with Gasteiger partial charge in [0.2, 0.25) is 0 Å². The van der Waals surface area contributed by atoms with Crippen LogP contribution in [0.4, 0.5) is 0 Å². The Balaban J connectivity index is 2.86. The normalized spacial score (nSPS) is 10.9. The summed E-state index contributed by atoms with van der Waals surface area (Å²) in [5.74, 6) is 0. The molecule has 0 heterocycles. The topological polar surface area (TPSA) is 25.6 Å². The molecule has 2 nitrogen and oxygen atoms in total. The van der Waals surface area contributed by atoms with Crippen molar-refractivity contribution in [2.75, 3.05) is 13.2 Å². The molecule has 9 heavy (non-hydrogen) atoms. The molecule has 2 N–H and O–H groups in total. The third-order valence-corrected chi connectivity index (χ3v) is 0.855. The fourth-order valence-electron chi connectivity index (χ4n) is 0.433. The second-order valence-corrected chi connectivity index (χ2v) is 1.61. The van der Waals surface area contributed by atoms with Gasteiger partial charge in [-0.15, -0.1) is 0 Å². The molecule has 0 fully saturated rings. The highest BCUT2D eigenvalue weighted by Gasteiger charge is 1.77. The second kappa shape index (κ2) is 7.66. The lowest BCUT2D eigenvalue weighted by Gasteiger charge is -1.94. The summed E-state index contributed by atoms with van der Waals surface area (Å²) in [6.07, 6.45) is 4.96. The van der Waals surface area contributed by atoms with E-state index in [1.54, 1.807) is 0 Å². The van der Waals surface area contributed by atoms with Gasteiger partial charge in [0.25, 0.3) is 0 Å². The summed E-state index contributed by atoms with van der Waals surface area (Å²) in [5.41, 5.74) is 0. The van der Waals surface area contributed by atoms with Crippen LogP contribution in [-0.4, -0.2) is 22.7 Å². The third-order valence-electron chi connectivity index (χ3n) is 0.855. The summed E-state index contributed by atoms with van der Waals surface area (Å²) in [6, 6.07) is 0. The van der Waals surface area contributed by atoms with Crippen molar-refractivity contribution in [3.63, 3.8) is 0 Å². The van der Waals surface area contributed by atoms with E-state index in [0.29, 0.717) is 6.61 Å². The maximum Gasteiger partial charge on any atom is 0.138 e. The molecule has 2 heteroatoms. The van der Waals surface area contributed by atoms with Crippen molar-refractivity contribution in [2.24, 2.45) is 0 Å². The number of hydrogen-bond donors (Lipinski definition) is 0. The zero-order valence-electron chi connectivity index (χ0n) is 5.58. The second-order valence-electron chi connectivity index (χ2n) is 1.61. The largest absolute Gasteiger partial charge is 0.581 e. The van der Waals surface area contributed by atoms with Gasteiger partial charge in [-0.3, -0.25) is 0 Å². The predicted octanol–water partition coefficient (Wildman–Crippen LogP) is 0.572. The van der Waals surface area contributed by atoms with Crippen LogP contribution in [0.1, 0.15) is 6.42 Å². The van der Waals surface area contributed by atoms with Gasteiger partial charge in [0, 0.05) is 6.42 Å². The maximum absolute atomic E-state index is 3.69. The molecular formula is C7H14O2. The van der Waals surface area contributed by atoms with Crippen LogP contribution in [0, 0.1) is 14.2 Å². The van der Waals surface area contributed by atoms with E-state index in [4.69, 9.17) is 0 Å². The van der Waals surface area contributed by atoms with Gasteiger partial charge in [0.15, 0.2) is 0 Å². The van der Waals surface area contributed by atoms with Gasteiger partial charge in [-0.05, 0) is 6.08 Å². The minimum atomic E-state index is 0.705. The van der Waals surface area contributed by atoms with Gasteiger partial charge in [-0.25, -0.2) is 0 Å². The first-order valence-electron chi connectivity index (χ1n) is 2.91. The van der Waals surface area contributed by atoms with E-state index in [9.17, 15) is 0 Å². The Morgan fingerprint density at radius 3 is 2.44 bits per heavy atom. The molecule has 0 aliphatic rings. The van der Waals surface area contributed by atoms with Crippen molar-refractivity contribution < 1.29 is 9.47 Å². The van der Waals surface area contributed by atoms with E-state index >= 15 is 0 Å². The molecule has 54 valence electrons. The average Bonchev–Trinajstić information content (AvgIpc) is 1.89. The summed E-state index contributed by atoms with van der Waals surface area (Å²) in [4.78, 5) is 0. The first-order valence-corrected chi connectivity index (χ1v) is 2.91. The minimum absolute atomic E-state index is 0.705. The van der Waals surface area contributed by atoms with E-state index in [-0.39, 0.29) is 0 Å². The van der Waals surface area contributed by atoms with Gasteiger partial charge in [-0.2, -0.15) is 0 Å². The standard InChI is InChI=1S/C7H14O2/c1-8-6-4-3-5-7-9-2/h3-4,8-9H,1-2,5-7H2/b4-3+. The van der Waals surface area contributed by atoms with E-state index in [0.717, 1.165) is 13.0 Å². The highest BCUT2D eigenvalue weighted by atomic mass is 16.5. The highest BCUT2D eigenvalue weighted by Crippen LogP contribution is 1.81. The van der Waals surface area contributed by atoms with Crippen molar-refractivity contribution in [1.29, 1.82) is 0 Å². The van der Waals surface area contributed by atoms with Gasteiger partial charge >= 0.3 is 0 Å². The number of ether oxygens (including phenoxy) is 2. The van der Waals surface area contributed by atoms with Gasteiger partial charge < -0.3 is 9.47 Å². The van der Waals surface area contributed by atoms with E-state index in [1.807, 2.05) is 12.2 Å². The lowest BCUT2D eigenvalue weighted by molar-refractivity contribution is 0.0600. The van der Waals surface area contributed by atoms with E-state index in [1.165, 1.54) is 0 Å². The molecule has 0 unspecified atom stereocenters. The summed E-state index contributed by atoms with van der Waals surface area (Å²) in [7, 11) is 6.70. The number of hydrogen-bond acceptors (Lipinski definition) is 0. The lowest BCUT2D eigenvalue weighted by Crippen LogP contribution is -1.89. The molecule has 0 aromatic rings. The molecule has 0 aromatic heterocycles. The number of aliphatic hydroxyl groups is 4. The summed E-state index contributed by atoms with van der Waals surface area (Å²) >= 11 is 0. The molecule has 0 spiro atoms. The highest BCUT2D eigenvalue weighted by molar-refractivity contribution is 4.80. The maximum atomic E-state index is 3.69. The average molecular weight is 130 g/mol. The zero-order valence-corrected chi connectivity index (χ0v) is 5.58. The summed E-state index contributed by atoms with van der Waals surface area (Å²) < 4.78 is 7.34. The third kappa shape index (κ3) is 7.66. The fraction of sp³-hybridized carbons (Fsp3) is 0.429. The lowest BCUT2D eigenvalue weighted by atomic mass is 10.4. The first-order chi connectivity index (χ1) is 4.41. The molecule has 0 amide bonds. The van der Waals surface area contributed by atoms with Crippen molar-refractivity contribution in [2.45, 2.75) is 6.42 Å². The fourth-order valence-corrected chi connectivity index (χ4v) is 0.433. The predicted molar refractivity (Wildman–Crippen MR) is 38.6 cm³/mol. The Labute approximate surface area is 56.5 Å². The Bertz CT molecular complexity index is 69.3. The van der Waals surface area contributed by atoms with Crippen LogP contribution in [0.2, 0.25) is 0 Å². The molecular weight excluding hydrogens is 116 g/mol. The molecule has 0 aliphatic carbocycles. The Hall–Kier alpha value is -0.340. The Morgan fingerprint density at radius 1 is 1.11 bits per heavy atom. The van der Waals surface area contributed by atoms with Crippen LogP contribution in [0.25, 0.3) is 0 Å². The van der Waals surface area contributed by atoms with Gasteiger partial charge in [0.1, 0.15) is 13.2 Å².